The Morgan fingerprint density at radius 2 is 1.96 bits per heavy atom. The van der Waals surface area contributed by atoms with Crippen LogP contribution < -0.4 is 4.74 Å². The number of fused-ring (bicyclic) bond motifs is 1. The fourth-order valence-electron chi connectivity index (χ4n) is 3.78. The van der Waals surface area contributed by atoms with Gasteiger partial charge >= 0.3 is 0 Å². The molecule has 1 amide bonds. The van der Waals surface area contributed by atoms with E-state index >= 15 is 0 Å². The molecule has 2 aromatic carbocycles. The number of piperidine rings is 1. The maximum atomic E-state index is 12.8. The van der Waals surface area contributed by atoms with E-state index in [1.807, 2.05) is 35.2 Å². The topological polar surface area (TPSA) is 45.3 Å². The molecule has 2 heterocycles. The van der Waals surface area contributed by atoms with Crippen LogP contribution in [-0.4, -0.2) is 36.0 Å². The van der Waals surface area contributed by atoms with Gasteiger partial charge in [0.1, 0.15) is 5.75 Å². The molecule has 26 heavy (non-hydrogen) atoms. The van der Waals surface area contributed by atoms with Gasteiger partial charge in [0.25, 0.3) is 5.91 Å². The largest absolute Gasteiger partial charge is 0.497 e. The van der Waals surface area contributed by atoms with E-state index in [1.54, 1.807) is 7.11 Å². The summed E-state index contributed by atoms with van der Waals surface area (Å²) in [5.74, 6) is 1.49. The van der Waals surface area contributed by atoms with Gasteiger partial charge in [-0.05, 0) is 77.2 Å². The predicted octanol–water partition coefficient (Wildman–Crippen LogP) is 4.80. The smallest absolute Gasteiger partial charge is 0.254 e. The van der Waals surface area contributed by atoms with E-state index in [0.717, 1.165) is 46.3 Å². The molecule has 0 aliphatic carbocycles. The number of likely N-dealkylation sites (tertiary alicyclic amines) is 1. The van der Waals surface area contributed by atoms with Gasteiger partial charge in [-0.3, -0.25) is 4.79 Å². The Bertz CT molecular complexity index is 942. The molecular formula is C21H21IN2O2. The van der Waals surface area contributed by atoms with Gasteiger partial charge in [-0.1, -0.05) is 12.1 Å². The van der Waals surface area contributed by atoms with Crippen LogP contribution >= 0.6 is 22.6 Å². The lowest BCUT2D eigenvalue weighted by atomic mass is 9.89. The molecule has 1 fully saturated rings. The molecule has 1 N–H and O–H groups in total. The first-order chi connectivity index (χ1) is 12.7. The summed E-state index contributed by atoms with van der Waals surface area (Å²) in [6, 6.07) is 13.9. The first-order valence-electron chi connectivity index (χ1n) is 8.86. The Morgan fingerprint density at radius 3 is 2.69 bits per heavy atom. The lowest BCUT2D eigenvalue weighted by Crippen LogP contribution is -2.38. The highest BCUT2D eigenvalue weighted by Gasteiger charge is 2.26. The minimum atomic E-state index is 0.147. The summed E-state index contributed by atoms with van der Waals surface area (Å²) >= 11 is 2.24. The van der Waals surface area contributed by atoms with Crippen molar-refractivity contribution in [1.29, 1.82) is 0 Å². The van der Waals surface area contributed by atoms with Crippen LogP contribution in [0.25, 0.3) is 10.9 Å². The average molecular weight is 460 g/mol. The number of benzene rings is 2. The zero-order chi connectivity index (χ0) is 18.1. The second kappa shape index (κ2) is 7.31. The van der Waals surface area contributed by atoms with Crippen LogP contribution in [0.4, 0.5) is 0 Å². The molecule has 0 atom stereocenters. The van der Waals surface area contributed by atoms with Gasteiger partial charge in [-0.15, -0.1) is 0 Å². The van der Waals surface area contributed by atoms with Crippen molar-refractivity contribution in [2.75, 3.05) is 20.2 Å². The highest BCUT2D eigenvalue weighted by Crippen LogP contribution is 2.35. The van der Waals surface area contributed by atoms with Gasteiger partial charge in [-0.2, -0.15) is 0 Å². The van der Waals surface area contributed by atoms with E-state index in [1.165, 1.54) is 10.9 Å². The van der Waals surface area contributed by atoms with Gasteiger partial charge in [0, 0.05) is 33.8 Å². The number of methoxy groups -OCH3 is 1. The maximum Gasteiger partial charge on any atom is 0.254 e. The van der Waals surface area contributed by atoms with E-state index in [9.17, 15) is 4.79 Å². The molecule has 3 aromatic rings. The van der Waals surface area contributed by atoms with Gasteiger partial charge < -0.3 is 14.6 Å². The molecule has 0 saturated carbocycles. The number of H-pyrrole nitrogens is 1. The minimum Gasteiger partial charge on any atom is -0.497 e. The third-order valence-corrected chi connectivity index (χ3v) is 6.19. The van der Waals surface area contributed by atoms with Crippen molar-refractivity contribution < 1.29 is 9.53 Å². The average Bonchev–Trinajstić information content (AvgIpc) is 3.11. The SMILES string of the molecule is COc1ccc2[nH]cc(C3CCN(C(=O)c4ccccc4I)CC3)c2c1. The van der Waals surface area contributed by atoms with Crippen LogP contribution in [-0.2, 0) is 0 Å². The van der Waals surface area contributed by atoms with E-state index in [4.69, 9.17) is 4.74 Å². The van der Waals surface area contributed by atoms with Crippen LogP contribution in [0, 0.1) is 3.57 Å². The van der Waals surface area contributed by atoms with E-state index < -0.39 is 0 Å². The molecule has 1 aromatic heterocycles. The van der Waals surface area contributed by atoms with Gasteiger partial charge in [0.15, 0.2) is 0 Å². The van der Waals surface area contributed by atoms with Crippen molar-refractivity contribution >= 4 is 39.4 Å². The summed E-state index contributed by atoms with van der Waals surface area (Å²) in [6.07, 6.45) is 4.09. The molecule has 134 valence electrons. The second-order valence-corrected chi connectivity index (χ2v) is 7.86. The lowest BCUT2D eigenvalue weighted by molar-refractivity contribution is 0.0712. The minimum absolute atomic E-state index is 0.147. The molecule has 1 saturated heterocycles. The van der Waals surface area contributed by atoms with Crippen LogP contribution in [0.2, 0.25) is 0 Å². The van der Waals surface area contributed by atoms with Crippen molar-refractivity contribution in [2.24, 2.45) is 0 Å². The highest BCUT2D eigenvalue weighted by atomic mass is 127. The van der Waals surface area contributed by atoms with Crippen LogP contribution in [0.15, 0.2) is 48.7 Å². The molecule has 5 heteroatoms. The number of ether oxygens (including phenoxy) is 1. The number of halogens is 1. The first-order valence-corrected chi connectivity index (χ1v) is 9.94. The monoisotopic (exact) mass is 460 g/mol. The number of aromatic amines is 1. The number of hydrogen-bond donors (Lipinski definition) is 1. The highest BCUT2D eigenvalue weighted by molar-refractivity contribution is 14.1. The molecule has 0 spiro atoms. The second-order valence-electron chi connectivity index (χ2n) is 6.70. The van der Waals surface area contributed by atoms with Crippen molar-refractivity contribution in [1.82, 2.24) is 9.88 Å². The third-order valence-electron chi connectivity index (χ3n) is 5.25. The van der Waals surface area contributed by atoms with Crippen LogP contribution in [0.5, 0.6) is 5.75 Å². The van der Waals surface area contributed by atoms with E-state index in [2.05, 4.69) is 45.9 Å². The van der Waals surface area contributed by atoms with Crippen molar-refractivity contribution in [2.45, 2.75) is 18.8 Å². The third kappa shape index (κ3) is 3.20. The Labute approximate surface area is 166 Å². The Hall–Kier alpha value is -2.02. The van der Waals surface area contributed by atoms with Crippen LogP contribution in [0.1, 0.15) is 34.7 Å². The fourth-order valence-corrected chi connectivity index (χ4v) is 4.40. The van der Waals surface area contributed by atoms with Crippen molar-refractivity contribution in [3.63, 3.8) is 0 Å². The summed E-state index contributed by atoms with van der Waals surface area (Å²) in [5, 5.41) is 1.23. The maximum absolute atomic E-state index is 12.8. The number of rotatable bonds is 3. The van der Waals surface area contributed by atoms with Crippen molar-refractivity contribution in [3.8, 4) is 5.75 Å². The number of carbonyl (C=O) groups is 1. The van der Waals surface area contributed by atoms with Gasteiger partial charge in [0.05, 0.1) is 12.7 Å². The van der Waals surface area contributed by atoms with E-state index in [-0.39, 0.29) is 5.91 Å². The standard InChI is InChI=1S/C21H21IN2O2/c1-26-15-6-7-20-17(12-15)18(13-23-20)14-8-10-24(11-9-14)21(25)16-4-2-3-5-19(16)22/h2-7,12-14,23H,8-11H2,1H3. The quantitative estimate of drug-likeness (QED) is 0.571. The molecule has 1 aliphatic heterocycles. The zero-order valence-electron chi connectivity index (χ0n) is 14.7. The lowest BCUT2D eigenvalue weighted by Gasteiger charge is -2.32. The van der Waals surface area contributed by atoms with Gasteiger partial charge in [0.2, 0.25) is 0 Å². The molecule has 1 aliphatic rings. The molecule has 4 nitrogen and oxygen atoms in total. The first kappa shape index (κ1) is 17.4. The summed E-state index contributed by atoms with van der Waals surface area (Å²) in [4.78, 5) is 18.2. The molecular weight excluding hydrogens is 439 g/mol. The van der Waals surface area contributed by atoms with E-state index in [0.29, 0.717) is 5.92 Å². The number of hydrogen-bond acceptors (Lipinski definition) is 2. The van der Waals surface area contributed by atoms with Gasteiger partial charge in [-0.25, -0.2) is 0 Å². The fraction of sp³-hybridized carbons (Fsp3) is 0.286. The normalized spacial score (nSPS) is 15.4. The molecule has 0 radical (unpaired) electrons. The molecule has 0 bridgehead atoms. The molecule has 0 unspecified atom stereocenters. The number of carbonyl (C=O) groups excluding carboxylic acids is 1. The Morgan fingerprint density at radius 1 is 1.19 bits per heavy atom. The summed E-state index contributed by atoms with van der Waals surface area (Å²) in [5.41, 5.74) is 3.28. The molecule has 4 rings (SSSR count). The summed E-state index contributed by atoms with van der Waals surface area (Å²) in [7, 11) is 1.70. The number of amides is 1. The Balaban J connectivity index is 1.50. The summed E-state index contributed by atoms with van der Waals surface area (Å²) in [6.45, 7) is 1.59. The van der Waals surface area contributed by atoms with Crippen molar-refractivity contribution in [3.05, 3.63) is 63.4 Å². The zero-order valence-corrected chi connectivity index (χ0v) is 16.8. The summed E-state index contributed by atoms with van der Waals surface area (Å²) < 4.78 is 6.39. The van der Waals surface area contributed by atoms with Crippen LogP contribution in [0.3, 0.4) is 0 Å². The Kier molecular flexibility index (Phi) is 4.89. The predicted molar refractivity (Wildman–Crippen MR) is 112 cm³/mol. The number of aromatic nitrogens is 1. The number of nitrogens with one attached hydrogen (secondary N) is 1. The number of nitrogens with zero attached hydrogens (tertiary/aromatic N) is 1.